The molecule has 1 aliphatic rings. The second kappa shape index (κ2) is 9.00. The van der Waals surface area contributed by atoms with Crippen LogP contribution in [-0.4, -0.2) is 56.3 Å². The summed E-state index contributed by atoms with van der Waals surface area (Å²) in [6.07, 6.45) is 4.45. The average molecular weight is 448 g/mol. The number of para-hydroxylation sites is 1. The number of carbonyl (C=O) groups excluding carboxylic acids is 1. The molecule has 6 nitrogen and oxygen atoms in total. The van der Waals surface area contributed by atoms with Crippen molar-refractivity contribution >= 4 is 33.1 Å². The smallest absolute Gasteiger partial charge is 0.222 e. The van der Waals surface area contributed by atoms with Crippen molar-refractivity contribution in [2.45, 2.75) is 39.7 Å². The summed E-state index contributed by atoms with van der Waals surface area (Å²) in [5.74, 6) is 0.271. The Labute approximate surface area is 192 Å². The number of nitrogens with zero attached hydrogens (tertiary/aromatic N) is 5. The SMILES string of the molecule is Cc1ccn2c(CN3CCN(C(=O)CCCc4nc5ccccc5s4)CC3)c(C)nc2c1. The van der Waals surface area contributed by atoms with Crippen LogP contribution in [-0.2, 0) is 17.8 Å². The molecular formula is C25H29N5OS. The van der Waals surface area contributed by atoms with Gasteiger partial charge in [0.2, 0.25) is 5.91 Å². The molecule has 7 heteroatoms. The number of fused-ring (bicyclic) bond motifs is 2. The molecule has 1 saturated heterocycles. The topological polar surface area (TPSA) is 53.7 Å². The molecule has 166 valence electrons. The number of carbonyl (C=O) groups is 1. The van der Waals surface area contributed by atoms with Gasteiger partial charge in [-0.25, -0.2) is 9.97 Å². The maximum atomic E-state index is 12.7. The average Bonchev–Trinajstić information content (AvgIpc) is 3.34. The van der Waals surface area contributed by atoms with E-state index in [9.17, 15) is 4.79 Å². The number of thiazole rings is 1. The van der Waals surface area contributed by atoms with E-state index in [0.29, 0.717) is 6.42 Å². The van der Waals surface area contributed by atoms with Crippen LogP contribution in [0.1, 0.15) is 34.8 Å². The van der Waals surface area contributed by atoms with Crippen LogP contribution in [0.4, 0.5) is 0 Å². The van der Waals surface area contributed by atoms with Gasteiger partial charge in [-0.15, -0.1) is 11.3 Å². The van der Waals surface area contributed by atoms with Crippen molar-refractivity contribution in [2.75, 3.05) is 26.2 Å². The molecule has 0 N–H and O–H groups in total. The lowest BCUT2D eigenvalue weighted by Crippen LogP contribution is -2.48. The van der Waals surface area contributed by atoms with Gasteiger partial charge in [0.15, 0.2) is 0 Å². The predicted molar refractivity (Wildman–Crippen MR) is 129 cm³/mol. The van der Waals surface area contributed by atoms with Crippen molar-refractivity contribution in [1.29, 1.82) is 0 Å². The second-order valence-electron chi connectivity index (χ2n) is 8.66. The number of imidazole rings is 1. The van der Waals surface area contributed by atoms with Crippen LogP contribution in [0, 0.1) is 13.8 Å². The van der Waals surface area contributed by atoms with Gasteiger partial charge in [-0.3, -0.25) is 9.69 Å². The Bertz CT molecular complexity index is 1220. The Morgan fingerprint density at radius 1 is 1.06 bits per heavy atom. The lowest BCUT2D eigenvalue weighted by molar-refractivity contribution is -0.133. The normalized spacial score (nSPS) is 15.1. The maximum Gasteiger partial charge on any atom is 0.222 e. The van der Waals surface area contributed by atoms with Crippen molar-refractivity contribution in [1.82, 2.24) is 24.2 Å². The Hall–Kier alpha value is -2.77. The fourth-order valence-corrected chi connectivity index (χ4v) is 5.46. The number of aromatic nitrogens is 3. The van der Waals surface area contributed by atoms with Crippen LogP contribution < -0.4 is 0 Å². The molecule has 0 atom stereocenters. The number of rotatable bonds is 6. The number of piperazine rings is 1. The minimum absolute atomic E-state index is 0.271. The van der Waals surface area contributed by atoms with Crippen molar-refractivity contribution < 1.29 is 4.79 Å². The van der Waals surface area contributed by atoms with Gasteiger partial charge < -0.3 is 9.30 Å². The molecule has 4 aromatic rings. The fourth-order valence-electron chi connectivity index (χ4n) is 4.45. The van der Waals surface area contributed by atoms with Crippen LogP contribution in [0.2, 0.25) is 0 Å². The summed E-state index contributed by atoms with van der Waals surface area (Å²) in [5.41, 5.74) is 5.63. The quantitative estimate of drug-likeness (QED) is 0.444. The molecule has 1 aromatic carbocycles. The lowest BCUT2D eigenvalue weighted by Gasteiger charge is -2.34. The summed E-state index contributed by atoms with van der Waals surface area (Å²) in [5, 5.41) is 1.13. The monoisotopic (exact) mass is 447 g/mol. The summed E-state index contributed by atoms with van der Waals surface area (Å²) in [4.78, 5) is 26.6. The third-order valence-electron chi connectivity index (χ3n) is 6.30. The first-order valence-electron chi connectivity index (χ1n) is 11.4. The Morgan fingerprint density at radius 2 is 1.88 bits per heavy atom. The van der Waals surface area contributed by atoms with Gasteiger partial charge >= 0.3 is 0 Å². The van der Waals surface area contributed by atoms with Crippen molar-refractivity contribution in [3.8, 4) is 0 Å². The summed E-state index contributed by atoms with van der Waals surface area (Å²) < 4.78 is 3.42. The zero-order valence-corrected chi connectivity index (χ0v) is 19.6. The zero-order valence-electron chi connectivity index (χ0n) is 18.8. The van der Waals surface area contributed by atoms with Crippen molar-refractivity contribution in [3.63, 3.8) is 0 Å². The van der Waals surface area contributed by atoms with Crippen LogP contribution in [0.3, 0.4) is 0 Å². The summed E-state index contributed by atoms with van der Waals surface area (Å²) in [6, 6.07) is 12.5. The van der Waals surface area contributed by atoms with Gasteiger partial charge in [0.1, 0.15) is 5.65 Å². The summed E-state index contributed by atoms with van der Waals surface area (Å²) >= 11 is 1.74. The van der Waals surface area contributed by atoms with Gasteiger partial charge in [-0.05, 0) is 56.5 Å². The molecule has 1 fully saturated rings. The molecule has 0 aliphatic carbocycles. The van der Waals surface area contributed by atoms with E-state index in [2.05, 4.69) is 58.6 Å². The maximum absolute atomic E-state index is 12.7. The molecule has 0 spiro atoms. The number of amides is 1. The molecule has 0 radical (unpaired) electrons. The summed E-state index contributed by atoms with van der Waals surface area (Å²) in [7, 11) is 0. The van der Waals surface area contributed by atoms with Crippen LogP contribution >= 0.6 is 11.3 Å². The van der Waals surface area contributed by atoms with E-state index in [-0.39, 0.29) is 5.91 Å². The standard InChI is InChI=1S/C25H29N5OS/c1-18-10-11-30-21(19(2)26-23(30)16-18)17-28-12-14-29(15-13-28)25(31)9-5-8-24-27-20-6-3-4-7-22(20)32-24/h3-4,6-7,10-11,16H,5,8-9,12-15,17H2,1-2H3. The van der Waals surface area contributed by atoms with E-state index in [4.69, 9.17) is 4.98 Å². The van der Waals surface area contributed by atoms with E-state index >= 15 is 0 Å². The van der Waals surface area contributed by atoms with E-state index in [1.165, 1.54) is 16.0 Å². The molecule has 1 aliphatic heterocycles. The first-order chi connectivity index (χ1) is 15.6. The molecular weight excluding hydrogens is 418 g/mol. The highest BCUT2D eigenvalue weighted by Gasteiger charge is 2.22. The molecule has 32 heavy (non-hydrogen) atoms. The fraction of sp³-hybridized carbons (Fsp3) is 0.400. The molecule has 3 aromatic heterocycles. The minimum atomic E-state index is 0.271. The van der Waals surface area contributed by atoms with Gasteiger partial charge in [0.05, 0.1) is 26.6 Å². The van der Waals surface area contributed by atoms with Gasteiger partial charge in [0.25, 0.3) is 0 Å². The Morgan fingerprint density at radius 3 is 2.69 bits per heavy atom. The van der Waals surface area contributed by atoms with Crippen LogP contribution in [0.5, 0.6) is 0 Å². The highest BCUT2D eigenvalue weighted by atomic mass is 32.1. The number of hydrogen-bond donors (Lipinski definition) is 0. The van der Waals surface area contributed by atoms with E-state index in [1.54, 1.807) is 11.3 Å². The number of pyridine rings is 1. The molecule has 5 rings (SSSR count). The van der Waals surface area contributed by atoms with Crippen molar-refractivity contribution in [2.24, 2.45) is 0 Å². The molecule has 1 amide bonds. The van der Waals surface area contributed by atoms with Gasteiger partial charge in [-0.2, -0.15) is 0 Å². The largest absolute Gasteiger partial charge is 0.340 e. The van der Waals surface area contributed by atoms with Crippen LogP contribution in [0.25, 0.3) is 15.9 Å². The highest BCUT2D eigenvalue weighted by molar-refractivity contribution is 7.18. The third kappa shape index (κ3) is 4.40. The molecule has 0 saturated carbocycles. The third-order valence-corrected chi connectivity index (χ3v) is 7.39. The lowest BCUT2D eigenvalue weighted by atomic mass is 10.2. The van der Waals surface area contributed by atoms with Crippen molar-refractivity contribution in [3.05, 3.63) is 64.6 Å². The first-order valence-corrected chi connectivity index (χ1v) is 12.2. The number of benzene rings is 1. The van der Waals surface area contributed by atoms with Gasteiger partial charge in [-0.1, -0.05) is 12.1 Å². The zero-order chi connectivity index (χ0) is 22.1. The predicted octanol–water partition coefficient (Wildman–Crippen LogP) is 4.23. The highest BCUT2D eigenvalue weighted by Crippen LogP contribution is 2.23. The minimum Gasteiger partial charge on any atom is -0.340 e. The second-order valence-corrected chi connectivity index (χ2v) is 9.78. The number of hydrogen-bond acceptors (Lipinski definition) is 5. The molecule has 0 bridgehead atoms. The van der Waals surface area contributed by atoms with E-state index < -0.39 is 0 Å². The first kappa shape index (κ1) is 21.1. The Kier molecular flexibility index (Phi) is 5.93. The molecule has 4 heterocycles. The van der Waals surface area contributed by atoms with E-state index in [0.717, 1.165) is 67.4 Å². The van der Waals surface area contributed by atoms with E-state index in [1.807, 2.05) is 17.0 Å². The van der Waals surface area contributed by atoms with Gasteiger partial charge in [0, 0.05) is 45.3 Å². The van der Waals surface area contributed by atoms with Crippen LogP contribution in [0.15, 0.2) is 42.6 Å². The summed E-state index contributed by atoms with van der Waals surface area (Å²) in [6.45, 7) is 8.46. The molecule has 0 unspecified atom stereocenters. The Balaban J connectivity index is 1.11. The number of aryl methyl sites for hydroxylation is 3.